The van der Waals surface area contributed by atoms with Gasteiger partial charge in [-0.25, -0.2) is 0 Å². The zero-order valence-electron chi connectivity index (χ0n) is 11.9. The van der Waals surface area contributed by atoms with Gasteiger partial charge in [-0.1, -0.05) is 37.3 Å². The standard InChI is InChI=1S/C15H17ClN2O2S/c1-10(2)15(8-7-11-3-4-11)13-9-12(16)5-6-14(13)17-21(19,20)18-15/h5-6,9-11,17-18H,3-4H2,1-2H3. The molecule has 1 aliphatic heterocycles. The Labute approximate surface area is 130 Å². The van der Waals surface area contributed by atoms with E-state index in [-0.39, 0.29) is 5.92 Å². The molecule has 0 radical (unpaired) electrons. The molecule has 1 unspecified atom stereocenters. The largest absolute Gasteiger partial charge is 0.300 e. The molecule has 0 aromatic heterocycles. The van der Waals surface area contributed by atoms with E-state index in [9.17, 15) is 8.42 Å². The summed E-state index contributed by atoms with van der Waals surface area (Å²) in [6.45, 7) is 3.92. The van der Waals surface area contributed by atoms with Crippen molar-refractivity contribution < 1.29 is 8.42 Å². The Bertz CT molecular complexity index is 745. The van der Waals surface area contributed by atoms with Gasteiger partial charge in [-0.05, 0) is 37.0 Å². The topological polar surface area (TPSA) is 58.2 Å². The van der Waals surface area contributed by atoms with Crippen molar-refractivity contribution in [1.29, 1.82) is 0 Å². The summed E-state index contributed by atoms with van der Waals surface area (Å²) >= 11 is 6.10. The summed E-state index contributed by atoms with van der Waals surface area (Å²) in [6.07, 6.45) is 2.18. The van der Waals surface area contributed by atoms with Gasteiger partial charge in [0.1, 0.15) is 5.54 Å². The molecule has 1 aliphatic carbocycles. The van der Waals surface area contributed by atoms with Crippen molar-refractivity contribution in [3.05, 3.63) is 28.8 Å². The number of anilines is 1. The first kappa shape index (κ1) is 14.7. The molecule has 112 valence electrons. The Morgan fingerprint density at radius 2 is 2.10 bits per heavy atom. The monoisotopic (exact) mass is 324 g/mol. The van der Waals surface area contributed by atoms with Gasteiger partial charge in [0.2, 0.25) is 0 Å². The molecule has 21 heavy (non-hydrogen) atoms. The van der Waals surface area contributed by atoms with Crippen molar-refractivity contribution in [3.8, 4) is 11.8 Å². The van der Waals surface area contributed by atoms with Crippen molar-refractivity contribution in [3.63, 3.8) is 0 Å². The summed E-state index contributed by atoms with van der Waals surface area (Å²) in [5.41, 5.74) is 0.386. The van der Waals surface area contributed by atoms with Crippen LogP contribution in [0.25, 0.3) is 0 Å². The van der Waals surface area contributed by atoms with Crippen LogP contribution in [0.15, 0.2) is 18.2 Å². The molecule has 0 amide bonds. The van der Waals surface area contributed by atoms with Crippen LogP contribution in [0.3, 0.4) is 0 Å². The van der Waals surface area contributed by atoms with Crippen molar-refractivity contribution in [2.75, 3.05) is 4.72 Å². The molecule has 0 saturated heterocycles. The van der Waals surface area contributed by atoms with Crippen LogP contribution in [0.4, 0.5) is 5.69 Å². The first-order valence-electron chi connectivity index (χ1n) is 6.97. The van der Waals surface area contributed by atoms with E-state index in [0.29, 0.717) is 16.6 Å². The second-order valence-electron chi connectivity index (χ2n) is 5.90. The smallest absolute Gasteiger partial charge is 0.271 e. The summed E-state index contributed by atoms with van der Waals surface area (Å²) in [5.74, 6) is 6.76. The molecule has 2 aliphatic rings. The molecule has 1 aromatic carbocycles. The van der Waals surface area contributed by atoms with Crippen molar-refractivity contribution in [2.24, 2.45) is 11.8 Å². The Hall–Kier alpha value is -1.22. The predicted octanol–water partition coefficient (Wildman–Crippen LogP) is 2.86. The number of fused-ring (bicyclic) bond motifs is 1. The van der Waals surface area contributed by atoms with Gasteiger partial charge in [0.25, 0.3) is 0 Å². The maximum absolute atomic E-state index is 12.2. The number of nitrogens with one attached hydrogen (secondary N) is 2. The van der Waals surface area contributed by atoms with Crippen molar-refractivity contribution >= 4 is 27.5 Å². The lowest BCUT2D eigenvalue weighted by Crippen LogP contribution is -2.54. The lowest BCUT2D eigenvalue weighted by molar-refractivity contribution is 0.370. The van der Waals surface area contributed by atoms with E-state index in [2.05, 4.69) is 21.3 Å². The molecule has 6 heteroatoms. The number of hydrogen-bond acceptors (Lipinski definition) is 2. The highest BCUT2D eigenvalue weighted by atomic mass is 35.5. The van der Waals surface area contributed by atoms with Crippen LogP contribution in [-0.2, 0) is 15.7 Å². The molecule has 1 aromatic rings. The summed E-state index contributed by atoms with van der Waals surface area (Å²) in [7, 11) is -3.63. The minimum absolute atomic E-state index is 0.0298. The molecule has 0 bridgehead atoms. The molecule has 4 nitrogen and oxygen atoms in total. The molecule has 3 rings (SSSR count). The molecule has 1 atom stereocenters. The van der Waals surface area contributed by atoms with Gasteiger partial charge in [0.15, 0.2) is 0 Å². The highest BCUT2D eigenvalue weighted by Gasteiger charge is 2.44. The summed E-state index contributed by atoms with van der Waals surface area (Å²) in [6, 6.07) is 5.15. The van der Waals surface area contributed by atoms with E-state index >= 15 is 0 Å². The fraction of sp³-hybridized carbons (Fsp3) is 0.467. The second kappa shape index (κ2) is 4.91. The van der Waals surface area contributed by atoms with Crippen LogP contribution < -0.4 is 9.44 Å². The fourth-order valence-corrected chi connectivity index (χ4v) is 3.99. The molecule has 1 saturated carbocycles. The third-order valence-corrected chi connectivity index (χ3v) is 5.18. The van der Waals surface area contributed by atoms with E-state index in [4.69, 9.17) is 11.6 Å². The zero-order valence-corrected chi connectivity index (χ0v) is 13.5. The predicted molar refractivity (Wildman–Crippen MR) is 84.1 cm³/mol. The molecule has 0 spiro atoms. The van der Waals surface area contributed by atoms with Crippen LogP contribution >= 0.6 is 11.6 Å². The van der Waals surface area contributed by atoms with Crippen LogP contribution in [0.1, 0.15) is 32.3 Å². The molecular weight excluding hydrogens is 308 g/mol. The third-order valence-electron chi connectivity index (χ3n) is 3.86. The second-order valence-corrected chi connectivity index (χ2v) is 7.76. The Balaban J connectivity index is 2.22. The maximum Gasteiger partial charge on any atom is 0.300 e. The quantitative estimate of drug-likeness (QED) is 0.780. The number of halogens is 1. The van der Waals surface area contributed by atoms with Crippen molar-refractivity contribution in [1.82, 2.24) is 4.72 Å². The van der Waals surface area contributed by atoms with Crippen LogP contribution in [0, 0.1) is 23.7 Å². The Morgan fingerprint density at radius 1 is 1.38 bits per heavy atom. The lowest BCUT2D eigenvalue weighted by atomic mass is 9.80. The van der Waals surface area contributed by atoms with E-state index in [0.717, 1.165) is 18.4 Å². The number of benzene rings is 1. The average Bonchev–Trinajstić information content (AvgIpc) is 3.19. The minimum Gasteiger partial charge on any atom is -0.271 e. The van der Waals surface area contributed by atoms with Crippen LogP contribution in [0.2, 0.25) is 5.02 Å². The van der Waals surface area contributed by atoms with Gasteiger partial charge < -0.3 is 0 Å². The van der Waals surface area contributed by atoms with E-state index in [1.54, 1.807) is 18.2 Å². The van der Waals surface area contributed by atoms with Crippen molar-refractivity contribution in [2.45, 2.75) is 32.2 Å². The highest BCUT2D eigenvalue weighted by Crippen LogP contribution is 2.40. The third kappa shape index (κ3) is 2.76. The first-order chi connectivity index (χ1) is 9.82. The average molecular weight is 325 g/mol. The maximum atomic E-state index is 12.2. The molecular formula is C15H17ClN2O2S. The van der Waals surface area contributed by atoms with Crippen LogP contribution in [-0.4, -0.2) is 8.42 Å². The van der Waals surface area contributed by atoms with Gasteiger partial charge in [0, 0.05) is 16.5 Å². The summed E-state index contributed by atoms with van der Waals surface area (Å²) < 4.78 is 29.5. The van der Waals surface area contributed by atoms with Gasteiger partial charge >= 0.3 is 10.2 Å². The zero-order chi connectivity index (χ0) is 15.3. The van der Waals surface area contributed by atoms with Crippen LogP contribution in [0.5, 0.6) is 0 Å². The van der Waals surface area contributed by atoms with Gasteiger partial charge in [-0.3, -0.25) is 4.72 Å². The van der Waals surface area contributed by atoms with E-state index < -0.39 is 15.7 Å². The normalized spacial score (nSPS) is 26.5. The number of hydrogen-bond donors (Lipinski definition) is 2. The summed E-state index contributed by atoms with van der Waals surface area (Å²) in [5, 5.41) is 0.565. The fourth-order valence-electron chi connectivity index (χ4n) is 2.48. The minimum atomic E-state index is -3.63. The van der Waals surface area contributed by atoms with E-state index in [1.165, 1.54) is 0 Å². The molecule has 2 N–H and O–H groups in total. The Morgan fingerprint density at radius 3 is 2.71 bits per heavy atom. The lowest BCUT2D eigenvalue weighted by Gasteiger charge is -2.39. The van der Waals surface area contributed by atoms with Gasteiger partial charge in [0.05, 0.1) is 5.69 Å². The highest BCUT2D eigenvalue weighted by molar-refractivity contribution is 7.90. The van der Waals surface area contributed by atoms with E-state index in [1.807, 2.05) is 13.8 Å². The SMILES string of the molecule is CC(C)C1(C#CC2CC2)NS(=O)(=O)Nc2ccc(Cl)cc21. The number of rotatable bonds is 1. The first-order valence-corrected chi connectivity index (χ1v) is 8.83. The Kier molecular flexibility index (Phi) is 3.44. The van der Waals surface area contributed by atoms with Gasteiger partial charge in [-0.15, -0.1) is 0 Å². The molecule has 1 fully saturated rings. The molecule has 1 heterocycles. The van der Waals surface area contributed by atoms with Gasteiger partial charge in [-0.2, -0.15) is 13.1 Å². The summed E-state index contributed by atoms with van der Waals surface area (Å²) in [4.78, 5) is 0.